The molecule has 10 nitrogen and oxygen atoms in total. The number of rotatable bonds is 13. The van der Waals surface area contributed by atoms with Gasteiger partial charge in [0.1, 0.15) is 18.3 Å². The summed E-state index contributed by atoms with van der Waals surface area (Å²) in [5.74, 6) is -0.184. The van der Waals surface area contributed by atoms with Gasteiger partial charge in [-0.05, 0) is 67.8 Å². The van der Waals surface area contributed by atoms with E-state index in [1.807, 2.05) is 24.3 Å². The average molecular weight is 737 g/mol. The summed E-state index contributed by atoms with van der Waals surface area (Å²) < 4.78 is 46.7. The molecule has 1 aliphatic rings. The van der Waals surface area contributed by atoms with Crippen molar-refractivity contribution in [1.29, 1.82) is 0 Å². The van der Waals surface area contributed by atoms with Crippen molar-refractivity contribution in [2.24, 2.45) is 0 Å². The maximum absolute atomic E-state index is 14.4. The van der Waals surface area contributed by atoms with Gasteiger partial charge < -0.3 is 24.4 Å². The third-order valence-corrected chi connectivity index (χ3v) is 10.5. The predicted octanol–water partition coefficient (Wildman–Crippen LogP) is 6.19. The molecule has 4 rings (SSSR count). The second kappa shape index (κ2) is 15.9. The fourth-order valence-corrected chi connectivity index (χ4v) is 7.28. The Hall–Kier alpha value is -3.48. The van der Waals surface area contributed by atoms with Gasteiger partial charge in [0.05, 0.1) is 31.9 Å². The van der Waals surface area contributed by atoms with Crippen LogP contribution in [0.15, 0.2) is 70.0 Å². The normalized spacial score (nSPS) is 14.2. The Morgan fingerprint density at radius 2 is 1.54 bits per heavy atom. The van der Waals surface area contributed by atoms with Crippen LogP contribution in [0.2, 0.25) is 5.02 Å². The fraction of sp³-hybridized carbons (Fsp3) is 0.394. The Morgan fingerprint density at radius 1 is 0.913 bits per heavy atom. The van der Waals surface area contributed by atoms with E-state index in [0.717, 1.165) is 46.4 Å². The minimum absolute atomic E-state index is 0.0333. The van der Waals surface area contributed by atoms with Crippen molar-refractivity contribution in [1.82, 2.24) is 10.2 Å². The van der Waals surface area contributed by atoms with Gasteiger partial charge in [-0.1, -0.05) is 58.9 Å². The highest BCUT2D eigenvalue weighted by molar-refractivity contribution is 9.10. The number of ether oxygens (including phenoxy) is 3. The fourth-order valence-electron chi connectivity index (χ4n) is 5.41. The molecule has 0 spiro atoms. The van der Waals surface area contributed by atoms with Gasteiger partial charge in [0.25, 0.3) is 10.0 Å². The van der Waals surface area contributed by atoms with Crippen LogP contribution in [0.4, 0.5) is 5.69 Å². The zero-order valence-corrected chi connectivity index (χ0v) is 29.5. The highest BCUT2D eigenvalue weighted by Gasteiger charge is 2.35. The highest BCUT2D eigenvalue weighted by Crippen LogP contribution is 2.37. The minimum atomic E-state index is -4.43. The lowest BCUT2D eigenvalue weighted by Gasteiger charge is -2.33. The number of carbonyl (C=O) groups excluding carboxylic acids is 2. The first-order valence-corrected chi connectivity index (χ1v) is 17.5. The number of nitrogens with zero attached hydrogens (tertiary/aromatic N) is 2. The number of hydrogen-bond acceptors (Lipinski definition) is 7. The third-order valence-electron chi connectivity index (χ3n) is 8.02. The lowest BCUT2D eigenvalue weighted by molar-refractivity contribution is -0.139. The van der Waals surface area contributed by atoms with E-state index >= 15 is 0 Å². The van der Waals surface area contributed by atoms with Crippen molar-refractivity contribution in [2.45, 2.75) is 62.6 Å². The number of nitrogens with one attached hydrogen (secondary N) is 1. The summed E-state index contributed by atoms with van der Waals surface area (Å²) in [5, 5.41) is 3.34. The van der Waals surface area contributed by atoms with Crippen molar-refractivity contribution in [2.75, 3.05) is 32.2 Å². The van der Waals surface area contributed by atoms with E-state index in [2.05, 4.69) is 21.2 Å². The van der Waals surface area contributed by atoms with Crippen molar-refractivity contribution in [3.05, 3.63) is 75.7 Å². The Morgan fingerprint density at radius 3 is 2.17 bits per heavy atom. The molecule has 0 bridgehead atoms. The molecule has 0 heterocycles. The van der Waals surface area contributed by atoms with Crippen LogP contribution in [-0.2, 0) is 26.2 Å². The first-order chi connectivity index (χ1) is 22.0. The molecule has 1 aliphatic carbocycles. The second-order valence-electron chi connectivity index (χ2n) is 11.0. The minimum Gasteiger partial charge on any atom is -0.495 e. The second-order valence-corrected chi connectivity index (χ2v) is 14.2. The van der Waals surface area contributed by atoms with Crippen LogP contribution in [0.1, 0.15) is 44.6 Å². The molecule has 1 unspecified atom stereocenters. The molecule has 3 aromatic rings. The van der Waals surface area contributed by atoms with Crippen LogP contribution in [0.25, 0.3) is 0 Å². The Balaban J connectivity index is 1.76. The van der Waals surface area contributed by atoms with Gasteiger partial charge in [0, 0.05) is 28.1 Å². The number of sulfonamides is 1. The molecule has 46 heavy (non-hydrogen) atoms. The molecule has 0 aromatic heterocycles. The van der Waals surface area contributed by atoms with E-state index in [0.29, 0.717) is 5.75 Å². The van der Waals surface area contributed by atoms with Crippen LogP contribution in [0.3, 0.4) is 0 Å². The summed E-state index contributed by atoms with van der Waals surface area (Å²) in [6, 6.07) is 15.2. The SMILES string of the molecule is COc1ccc(S(=O)(=O)N(CC(=O)N(Cc2ccc(Br)cc2)C(C)C(=O)NC2CCCCC2)c2cc(Cl)ccc2OC)cc1OC. The van der Waals surface area contributed by atoms with Crippen molar-refractivity contribution in [3.8, 4) is 17.2 Å². The van der Waals surface area contributed by atoms with Gasteiger partial charge in [-0.15, -0.1) is 0 Å². The van der Waals surface area contributed by atoms with Crippen LogP contribution in [-0.4, -0.2) is 65.1 Å². The first-order valence-electron chi connectivity index (χ1n) is 14.9. The average Bonchev–Trinajstić information content (AvgIpc) is 3.06. The number of anilines is 1. The number of benzene rings is 3. The van der Waals surface area contributed by atoms with Crippen molar-refractivity contribution < 1.29 is 32.2 Å². The van der Waals surface area contributed by atoms with Gasteiger partial charge in [-0.2, -0.15) is 0 Å². The first kappa shape index (κ1) is 35.4. The Bertz CT molecular complexity index is 1630. The van der Waals surface area contributed by atoms with Gasteiger partial charge in [-0.25, -0.2) is 8.42 Å². The number of methoxy groups -OCH3 is 3. The van der Waals surface area contributed by atoms with E-state index in [1.54, 1.807) is 13.0 Å². The zero-order chi connectivity index (χ0) is 33.4. The topological polar surface area (TPSA) is 114 Å². The summed E-state index contributed by atoms with van der Waals surface area (Å²) in [6.07, 6.45) is 4.96. The predicted molar refractivity (Wildman–Crippen MR) is 181 cm³/mol. The molecule has 0 aliphatic heterocycles. The molecule has 0 saturated heterocycles. The molecular weight excluding hydrogens is 698 g/mol. The van der Waals surface area contributed by atoms with Gasteiger partial charge in [0.2, 0.25) is 11.8 Å². The zero-order valence-electron chi connectivity index (χ0n) is 26.3. The van der Waals surface area contributed by atoms with Crippen LogP contribution in [0.5, 0.6) is 17.2 Å². The summed E-state index contributed by atoms with van der Waals surface area (Å²) in [5.41, 5.74) is 0.824. The molecule has 1 atom stereocenters. The molecule has 0 radical (unpaired) electrons. The maximum Gasteiger partial charge on any atom is 0.265 e. The molecular formula is C33H39BrClN3O7S. The van der Waals surface area contributed by atoms with Crippen LogP contribution < -0.4 is 23.8 Å². The van der Waals surface area contributed by atoms with Crippen LogP contribution >= 0.6 is 27.5 Å². The molecule has 2 amide bonds. The monoisotopic (exact) mass is 735 g/mol. The Labute approximate surface area is 284 Å². The standard InChI is InChI=1S/C33H39BrClN3O7S/c1-22(33(40)36-26-8-6-5-7-9-26)37(20-23-10-12-24(34)13-11-23)32(39)21-38(28-18-25(35)14-16-29(28)43-2)46(41,42)27-15-17-30(44-3)31(19-27)45-4/h10-19,22,26H,5-9,20-21H2,1-4H3,(H,36,40). The number of hydrogen-bond donors (Lipinski definition) is 1. The summed E-state index contributed by atoms with van der Waals surface area (Å²) in [4.78, 5) is 29.1. The van der Waals surface area contributed by atoms with Gasteiger partial charge >= 0.3 is 0 Å². The van der Waals surface area contributed by atoms with Crippen molar-refractivity contribution in [3.63, 3.8) is 0 Å². The maximum atomic E-state index is 14.4. The number of amides is 2. The van der Waals surface area contributed by atoms with E-state index in [1.165, 1.54) is 56.6 Å². The van der Waals surface area contributed by atoms with Gasteiger partial charge in [-0.3, -0.25) is 13.9 Å². The van der Waals surface area contributed by atoms with E-state index in [9.17, 15) is 18.0 Å². The van der Waals surface area contributed by atoms with E-state index in [4.69, 9.17) is 25.8 Å². The smallest absolute Gasteiger partial charge is 0.265 e. The summed E-state index contributed by atoms with van der Waals surface area (Å²) in [6.45, 7) is 1.08. The van der Waals surface area contributed by atoms with Crippen molar-refractivity contribution >= 4 is 55.1 Å². The van der Waals surface area contributed by atoms with E-state index in [-0.39, 0.29) is 45.6 Å². The van der Waals surface area contributed by atoms with Crippen LogP contribution in [0, 0.1) is 0 Å². The Kier molecular flexibility index (Phi) is 12.2. The summed E-state index contributed by atoms with van der Waals surface area (Å²) in [7, 11) is -0.194. The molecule has 1 saturated carbocycles. The lowest BCUT2D eigenvalue weighted by atomic mass is 9.95. The molecule has 1 fully saturated rings. The lowest BCUT2D eigenvalue weighted by Crippen LogP contribution is -2.53. The van der Waals surface area contributed by atoms with E-state index < -0.39 is 28.5 Å². The largest absolute Gasteiger partial charge is 0.495 e. The molecule has 248 valence electrons. The third kappa shape index (κ3) is 8.45. The molecule has 13 heteroatoms. The molecule has 1 N–H and O–H groups in total. The highest BCUT2D eigenvalue weighted by atomic mass is 79.9. The quantitative estimate of drug-likeness (QED) is 0.223. The summed E-state index contributed by atoms with van der Waals surface area (Å²) >= 11 is 9.77. The number of carbonyl (C=O) groups is 2. The number of halogens is 2. The van der Waals surface area contributed by atoms with Gasteiger partial charge in [0.15, 0.2) is 11.5 Å². The molecule has 3 aromatic carbocycles.